The van der Waals surface area contributed by atoms with Crippen molar-refractivity contribution in [3.05, 3.63) is 59.1 Å². The summed E-state index contributed by atoms with van der Waals surface area (Å²) < 4.78 is 0. The first-order chi connectivity index (χ1) is 13.1. The van der Waals surface area contributed by atoms with E-state index in [0.29, 0.717) is 11.6 Å². The molecule has 5 nitrogen and oxygen atoms in total. The summed E-state index contributed by atoms with van der Waals surface area (Å²) >= 11 is 6.34. The van der Waals surface area contributed by atoms with E-state index in [-0.39, 0.29) is 12.1 Å². The number of likely N-dealkylation sites (N-methyl/N-ethyl adjacent to an activating group) is 1. The van der Waals surface area contributed by atoms with Gasteiger partial charge in [-0.1, -0.05) is 41.9 Å². The van der Waals surface area contributed by atoms with E-state index in [1.807, 2.05) is 56.6 Å². The summed E-state index contributed by atoms with van der Waals surface area (Å²) in [6.45, 7) is 2.54. The van der Waals surface area contributed by atoms with Crippen LogP contribution >= 0.6 is 11.6 Å². The van der Waals surface area contributed by atoms with Crippen LogP contribution in [0.25, 0.3) is 0 Å². The summed E-state index contributed by atoms with van der Waals surface area (Å²) in [5.74, 6) is 0. The molecule has 0 radical (unpaired) electrons. The van der Waals surface area contributed by atoms with E-state index in [4.69, 9.17) is 11.6 Å². The Morgan fingerprint density at radius 2 is 1.78 bits per heavy atom. The van der Waals surface area contributed by atoms with Crippen LogP contribution in [0.15, 0.2) is 48.5 Å². The monoisotopic (exact) mass is 386 g/mol. The first-order valence-electron chi connectivity index (χ1n) is 9.36. The van der Waals surface area contributed by atoms with Crippen LogP contribution in [-0.4, -0.2) is 44.7 Å². The molecule has 0 unspecified atom stereocenters. The van der Waals surface area contributed by atoms with E-state index in [2.05, 4.69) is 26.5 Å². The zero-order valence-electron chi connectivity index (χ0n) is 15.9. The molecule has 6 heteroatoms. The lowest BCUT2D eigenvalue weighted by molar-refractivity contribution is 0.243. The second kappa shape index (κ2) is 9.11. The second-order valence-corrected chi connectivity index (χ2v) is 7.45. The largest absolute Gasteiger partial charge is 0.370 e. The summed E-state index contributed by atoms with van der Waals surface area (Å²) in [6.07, 6.45) is 2.39. The Hall–Kier alpha value is -2.24. The van der Waals surface area contributed by atoms with Crippen molar-refractivity contribution in [3.63, 3.8) is 0 Å². The molecule has 0 spiro atoms. The number of para-hydroxylation sites is 2. The van der Waals surface area contributed by atoms with E-state index in [1.165, 1.54) is 12.8 Å². The van der Waals surface area contributed by atoms with Crippen LogP contribution in [0.5, 0.6) is 0 Å². The molecule has 2 aromatic carbocycles. The van der Waals surface area contributed by atoms with Gasteiger partial charge in [-0.05, 0) is 50.7 Å². The van der Waals surface area contributed by atoms with Crippen molar-refractivity contribution < 1.29 is 4.79 Å². The predicted octanol–water partition coefficient (Wildman–Crippen LogP) is 4.36. The lowest BCUT2D eigenvalue weighted by Gasteiger charge is -2.26. The van der Waals surface area contributed by atoms with E-state index >= 15 is 0 Å². The fourth-order valence-corrected chi connectivity index (χ4v) is 3.75. The molecule has 1 aliphatic rings. The average molecular weight is 387 g/mol. The topological polar surface area (TPSA) is 47.6 Å². The lowest BCUT2D eigenvalue weighted by Crippen LogP contribution is -2.37. The number of halogens is 1. The van der Waals surface area contributed by atoms with Gasteiger partial charge in [0.15, 0.2) is 0 Å². The highest BCUT2D eigenvalue weighted by molar-refractivity contribution is 6.31. The molecule has 1 aliphatic heterocycles. The fraction of sp³-hybridized carbons (Fsp3) is 0.381. The maximum Gasteiger partial charge on any atom is 0.319 e. The molecule has 0 bridgehead atoms. The molecule has 144 valence electrons. The molecule has 1 fully saturated rings. The minimum atomic E-state index is -0.208. The Labute approximate surface area is 166 Å². The van der Waals surface area contributed by atoms with Crippen LogP contribution < -0.4 is 15.5 Å². The highest BCUT2D eigenvalue weighted by Crippen LogP contribution is 2.29. The van der Waals surface area contributed by atoms with Crippen molar-refractivity contribution in [1.82, 2.24) is 10.2 Å². The van der Waals surface area contributed by atoms with Crippen molar-refractivity contribution in [2.24, 2.45) is 0 Å². The van der Waals surface area contributed by atoms with E-state index in [0.717, 1.165) is 30.0 Å². The molecule has 3 rings (SSSR count). The van der Waals surface area contributed by atoms with Crippen molar-refractivity contribution in [3.8, 4) is 0 Å². The van der Waals surface area contributed by atoms with Crippen LogP contribution in [0, 0.1) is 0 Å². The van der Waals surface area contributed by atoms with Gasteiger partial charge in [-0.25, -0.2) is 4.79 Å². The number of anilines is 2. The Kier molecular flexibility index (Phi) is 6.58. The minimum Gasteiger partial charge on any atom is -0.370 e. The van der Waals surface area contributed by atoms with Gasteiger partial charge in [0, 0.05) is 24.7 Å². The molecule has 27 heavy (non-hydrogen) atoms. The van der Waals surface area contributed by atoms with Crippen LogP contribution in [-0.2, 0) is 0 Å². The van der Waals surface area contributed by atoms with E-state index in [1.54, 1.807) is 0 Å². The van der Waals surface area contributed by atoms with Crippen molar-refractivity contribution >= 4 is 29.0 Å². The summed E-state index contributed by atoms with van der Waals surface area (Å²) in [5.41, 5.74) is 2.93. The number of nitrogens with one attached hydrogen (secondary N) is 2. The molecule has 0 saturated carbocycles. The van der Waals surface area contributed by atoms with Gasteiger partial charge in [0.25, 0.3) is 0 Å². The third-order valence-corrected chi connectivity index (χ3v) is 5.29. The molecular weight excluding hydrogens is 360 g/mol. The number of carbonyl (C=O) groups is 1. The van der Waals surface area contributed by atoms with Gasteiger partial charge in [0.1, 0.15) is 0 Å². The van der Waals surface area contributed by atoms with Gasteiger partial charge in [-0.15, -0.1) is 0 Å². The third kappa shape index (κ3) is 4.93. The van der Waals surface area contributed by atoms with Crippen LogP contribution in [0.1, 0.15) is 24.4 Å². The number of urea groups is 1. The molecule has 0 aliphatic carbocycles. The van der Waals surface area contributed by atoms with Crippen LogP contribution in [0.3, 0.4) is 0 Å². The zero-order valence-corrected chi connectivity index (χ0v) is 16.7. The Bertz CT molecular complexity index is 774. The van der Waals surface area contributed by atoms with Crippen LogP contribution in [0.4, 0.5) is 16.2 Å². The van der Waals surface area contributed by atoms with Crippen molar-refractivity contribution in [1.29, 1.82) is 0 Å². The molecular formula is C21H27ClN4O. The van der Waals surface area contributed by atoms with Gasteiger partial charge < -0.3 is 20.4 Å². The smallest absolute Gasteiger partial charge is 0.319 e. The standard InChI is InChI=1S/C21H27ClN4O/c1-25(2)20(16-9-3-4-10-17(16)22)15-23-21(27)24-18-11-5-6-12-19(18)26-13-7-8-14-26/h3-6,9-12,20H,7-8,13-15H2,1-2H3,(H2,23,24,27)/t20-/m0/s1. The number of carbonyl (C=O) groups excluding carboxylic acids is 1. The number of amides is 2. The van der Waals surface area contributed by atoms with E-state index in [9.17, 15) is 4.79 Å². The van der Waals surface area contributed by atoms with E-state index < -0.39 is 0 Å². The second-order valence-electron chi connectivity index (χ2n) is 7.05. The third-order valence-electron chi connectivity index (χ3n) is 4.94. The van der Waals surface area contributed by atoms with Gasteiger partial charge >= 0.3 is 6.03 Å². The number of benzene rings is 2. The number of nitrogens with zero attached hydrogens (tertiary/aromatic N) is 2. The Morgan fingerprint density at radius 3 is 2.48 bits per heavy atom. The van der Waals surface area contributed by atoms with Gasteiger partial charge in [-0.3, -0.25) is 0 Å². The number of hydrogen-bond donors (Lipinski definition) is 2. The average Bonchev–Trinajstić information content (AvgIpc) is 3.18. The van der Waals surface area contributed by atoms with Crippen molar-refractivity contribution in [2.75, 3.05) is 43.9 Å². The molecule has 2 N–H and O–H groups in total. The maximum absolute atomic E-state index is 12.5. The molecule has 0 aromatic heterocycles. The first kappa shape index (κ1) is 19.5. The maximum atomic E-state index is 12.5. The normalized spacial score (nSPS) is 15.0. The molecule has 2 aromatic rings. The molecule has 1 heterocycles. The predicted molar refractivity (Wildman–Crippen MR) is 113 cm³/mol. The summed E-state index contributed by atoms with van der Waals surface area (Å²) in [5, 5.41) is 6.70. The highest BCUT2D eigenvalue weighted by atomic mass is 35.5. The summed E-state index contributed by atoms with van der Waals surface area (Å²) in [7, 11) is 3.96. The minimum absolute atomic E-state index is 0.00160. The molecule has 2 amide bonds. The summed E-state index contributed by atoms with van der Waals surface area (Å²) in [6, 6.07) is 15.5. The van der Waals surface area contributed by atoms with Crippen molar-refractivity contribution in [2.45, 2.75) is 18.9 Å². The van der Waals surface area contributed by atoms with Gasteiger partial charge in [0.05, 0.1) is 17.4 Å². The fourth-order valence-electron chi connectivity index (χ4n) is 3.49. The van der Waals surface area contributed by atoms with Gasteiger partial charge in [0.2, 0.25) is 0 Å². The SMILES string of the molecule is CN(C)[C@@H](CNC(=O)Nc1ccccc1N1CCCC1)c1ccccc1Cl. The Balaban J connectivity index is 1.65. The molecule has 1 atom stereocenters. The van der Waals surface area contributed by atoms with Gasteiger partial charge in [-0.2, -0.15) is 0 Å². The van der Waals surface area contributed by atoms with Crippen LogP contribution in [0.2, 0.25) is 5.02 Å². The number of rotatable bonds is 6. The Morgan fingerprint density at radius 1 is 1.11 bits per heavy atom. The summed E-state index contributed by atoms with van der Waals surface area (Å²) in [4.78, 5) is 16.9. The highest BCUT2D eigenvalue weighted by Gasteiger charge is 2.19. The molecule has 1 saturated heterocycles. The lowest BCUT2D eigenvalue weighted by atomic mass is 10.1. The number of hydrogen-bond acceptors (Lipinski definition) is 3. The first-order valence-corrected chi connectivity index (χ1v) is 9.73. The quantitative estimate of drug-likeness (QED) is 0.775. The zero-order chi connectivity index (χ0) is 19.2.